The number of hydrogen-bond donors (Lipinski definition) is 1. The minimum absolute atomic E-state index is 0.155. The van der Waals surface area contributed by atoms with Crippen LogP contribution in [0.25, 0.3) is 0 Å². The van der Waals surface area contributed by atoms with E-state index in [4.69, 9.17) is 12.2 Å². The smallest absolute Gasteiger partial charge is 0.251 e. The molecule has 0 aromatic carbocycles. The van der Waals surface area contributed by atoms with Gasteiger partial charge in [-0.15, -0.1) is 6.58 Å². The largest absolute Gasteiger partial charge is 0.319 e. The van der Waals surface area contributed by atoms with Crippen molar-refractivity contribution in [3.05, 3.63) is 39.5 Å². The molecule has 1 N–H and O–H groups in total. The quantitative estimate of drug-likeness (QED) is 0.554. The summed E-state index contributed by atoms with van der Waals surface area (Å²) in [5.41, 5.74) is 0.696. The predicted molar refractivity (Wildman–Crippen MR) is 50.8 cm³/mol. The monoisotopic (exact) mass is 182 g/mol. The molecule has 0 atom stereocenters. The molecule has 0 saturated carbocycles. The van der Waals surface area contributed by atoms with Crippen molar-refractivity contribution < 1.29 is 0 Å². The Morgan fingerprint density at radius 3 is 3.00 bits per heavy atom. The molecule has 1 rings (SSSR count). The molecule has 0 spiro atoms. The summed E-state index contributed by atoms with van der Waals surface area (Å²) in [6.07, 6.45) is 1.74. The summed E-state index contributed by atoms with van der Waals surface area (Å²) in [4.78, 5) is 13.4. The summed E-state index contributed by atoms with van der Waals surface area (Å²) in [7, 11) is 0. The molecular formula is C8H10N2OS. The fourth-order valence-corrected chi connectivity index (χ4v) is 1.31. The highest BCUT2D eigenvalue weighted by molar-refractivity contribution is 7.71. The normalized spacial score (nSPS) is 9.75. The van der Waals surface area contributed by atoms with E-state index in [9.17, 15) is 4.79 Å². The van der Waals surface area contributed by atoms with E-state index in [2.05, 4.69) is 11.6 Å². The van der Waals surface area contributed by atoms with Gasteiger partial charge >= 0.3 is 0 Å². The number of aromatic amines is 1. The number of allylic oxidation sites excluding steroid dienone is 1. The highest BCUT2D eigenvalue weighted by Crippen LogP contribution is 1.95. The first-order valence-electron chi connectivity index (χ1n) is 3.57. The second kappa shape index (κ2) is 3.49. The van der Waals surface area contributed by atoms with Gasteiger partial charge in [-0.1, -0.05) is 6.08 Å². The standard InChI is InChI=1S/C8H10N2OS/c1-3-4-10-6(2)5-7(11)9-8(10)12/h3,5H,1,4H2,2H3,(H,9,11,12). The molecule has 0 radical (unpaired) electrons. The fourth-order valence-electron chi connectivity index (χ4n) is 0.993. The molecule has 12 heavy (non-hydrogen) atoms. The first kappa shape index (κ1) is 8.93. The van der Waals surface area contributed by atoms with Crippen molar-refractivity contribution in [2.45, 2.75) is 13.5 Å². The summed E-state index contributed by atoms with van der Waals surface area (Å²) >= 11 is 4.95. The molecule has 1 aromatic heterocycles. The minimum atomic E-state index is -0.155. The maximum atomic E-state index is 10.9. The van der Waals surface area contributed by atoms with E-state index < -0.39 is 0 Å². The third kappa shape index (κ3) is 1.71. The maximum absolute atomic E-state index is 10.9. The number of aryl methyl sites for hydroxylation is 1. The van der Waals surface area contributed by atoms with E-state index in [1.54, 1.807) is 6.08 Å². The van der Waals surface area contributed by atoms with Crippen LogP contribution >= 0.6 is 12.2 Å². The highest BCUT2D eigenvalue weighted by atomic mass is 32.1. The Kier molecular flexibility index (Phi) is 2.60. The van der Waals surface area contributed by atoms with Gasteiger partial charge in [0.25, 0.3) is 5.56 Å². The second-order valence-corrected chi connectivity index (χ2v) is 2.87. The van der Waals surface area contributed by atoms with Crippen molar-refractivity contribution in [1.82, 2.24) is 9.55 Å². The van der Waals surface area contributed by atoms with Crippen molar-refractivity contribution in [1.29, 1.82) is 0 Å². The average molecular weight is 182 g/mol. The van der Waals surface area contributed by atoms with Crippen LogP contribution in [0, 0.1) is 11.7 Å². The summed E-state index contributed by atoms with van der Waals surface area (Å²) in [5.74, 6) is 0. The highest BCUT2D eigenvalue weighted by Gasteiger charge is 1.95. The van der Waals surface area contributed by atoms with E-state index in [-0.39, 0.29) is 5.56 Å². The third-order valence-electron chi connectivity index (χ3n) is 1.55. The average Bonchev–Trinajstić information content (AvgIpc) is 1.96. The van der Waals surface area contributed by atoms with Crippen LogP contribution in [-0.4, -0.2) is 9.55 Å². The van der Waals surface area contributed by atoms with E-state index in [1.165, 1.54) is 6.07 Å². The zero-order chi connectivity index (χ0) is 9.14. The molecule has 1 heterocycles. The fraction of sp³-hybridized carbons (Fsp3) is 0.250. The van der Waals surface area contributed by atoms with Crippen molar-refractivity contribution in [2.75, 3.05) is 0 Å². The third-order valence-corrected chi connectivity index (χ3v) is 1.88. The molecule has 64 valence electrons. The SMILES string of the molecule is C=CCn1c(C)cc(=O)[nH]c1=S. The number of aromatic nitrogens is 2. The first-order valence-corrected chi connectivity index (χ1v) is 3.97. The van der Waals surface area contributed by atoms with E-state index >= 15 is 0 Å². The molecule has 0 aliphatic rings. The summed E-state index contributed by atoms with van der Waals surface area (Å²) in [6, 6.07) is 1.51. The van der Waals surface area contributed by atoms with Gasteiger partial charge in [0.05, 0.1) is 0 Å². The van der Waals surface area contributed by atoms with Gasteiger partial charge in [0.1, 0.15) is 0 Å². The van der Waals surface area contributed by atoms with Gasteiger partial charge in [-0.2, -0.15) is 0 Å². The first-order chi connectivity index (χ1) is 5.65. The Morgan fingerprint density at radius 2 is 2.50 bits per heavy atom. The van der Waals surface area contributed by atoms with Crippen LogP contribution in [0.15, 0.2) is 23.5 Å². The van der Waals surface area contributed by atoms with Gasteiger partial charge in [0, 0.05) is 18.3 Å². The lowest BCUT2D eigenvalue weighted by molar-refractivity contribution is 0.732. The van der Waals surface area contributed by atoms with E-state index in [0.29, 0.717) is 11.3 Å². The van der Waals surface area contributed by atoms with Crippen molar-refractivity contribution in [3.8, 4) is 0 Å². The lowest BCUT2D eigenvalue weighted by atomic mass is 10.4. The van der Waals surface area contributed by atoms with Gasteiger partial charge in [-0.25, -0.2) is 0 Å². The molecule has 0 bridgehead atoms. The summed E-state index contributed by atoms with van der Waals surface area (Å²) in [5, 5.41) is 0. The lowest BCUT2D eigenvalue weighted by Gasteiger charge is -2.05. The number of rotatable bonds is 2. The molecule has 0 saturated heterocycles. The Balaban J connectivity index is 3.38. The molecule has 4 heteroatoms. The van der Waals surface area contributed by atoms with Crippen molar-refractivity contribution in [3.63, 3.8) is 0 Å². The molecular weight excluding hydrogens is 172 g/mol. The number of nitrogens with zero attached hydrogens (tertiary/aromatic N) is 1. The zero-order valence-electron chi connectivity index (χ0n) is 6.83. The predicted octanol–water partition coefficient (Wildman–Crippen LogP) is 1.40. The Bertz CT molecular complexity index is 402. The number of hydrogen-bond acceptors (Lipinski definition) is 2. The van der Waals surface area contributed by atoms with Gasteiger partial charge in [0.2, 0.25) is 0 Å². The molecule has 0 amide bonds. The van der Waals surface area contributed by atoms with E-state index in [1.807, 2.05) is 11.5 Å². The minimum Gasteiger partial charge on any atom is -0.319 e. The van der Waals surface area contributed by atoms with Gasteiger partial charge < -0.3 is 4.57 Å². The van der Waals surface area contributed by atoms with Crippen molar-refractivity contribution >= 4 is 12.2 Å². The molecule has 0 fully saturated rings. The van der Waals surface area contributed by atoms with Crippen molar-refractivity contribution in [2.24, 2.45) is 0 Å². The number of H-pyrrole nitrogens is 1. The van der Waals surface area contributed by atoms with Gasteiger partial charge in [0.15, 0.2) is 4.77 Å². The molecule has 3 nitrogen and oxygen atoms in total. The zero-order valence-corrected chi connectivity index (χ0v) is 7.65. The van der Waals surface area contributed by atoms with Crippen LogP contribution in [-0.2, 0) is 6.54 Å². The Hall–Kier alpha value is -1.16. The molecule has 0 unspecified atom stereocenters. The van der Waals surface area contributed by atoms with Crippen LogP contribution in [0.4, 0.5) is 0 Å². The molecule has 0 aliphatic heterocycles. The summed E-state index contributed by atoms with van der Waals surface area (Å²) < 4.78 is 2.25. The maximum Gasteiger partial charge on any atom is 0.251 e. The Labute approximate surface area is 75.4 Å². The lowest BCUT2D eigenvalue weighted by Crippen LogP contribution is -2.14. The van der Waals surface area contributed by atoms with Crippen LogP contribution in [0.5, 0.6) is 0 Å². The Morgan fingerprint density at radius 1 is 1.83 bits per heavy atom. The van der Waals surface area contributed by atoms with Crippen LogP contribution in [0.1, 0.15) is 5.69 Å². The van der Waals surface area contributed by atoms with Crippen LogP contribution < -0.4 is 5.56 Å². The van der Waals surface area contributed by atoms with Gasteiger partial charge in [-0.3, -0.25) is 9.78 Å². The number of nitrogens with one attached hydrogen (secondary N) is 1. The second-order valence-electron chi connectivity index (χ2n) is 2.48. The molecule has 1 aromatic rings. The van der Waals surface area contributed by atoms with E-state index in [0.717, 1.165) is 5.69 Å². The van der Waals surface area contributed by atoms with Crippen LogP contribution in [0.3, 0.4) is 0 Å². The van der Waals surface area contributed by atoms with Gasteiger partial charge in [-0.05, 0) is 19.1 Å². The topological polar surface area (TPSA) is 37.8 Å². The van der Waals surface area contributed by atoms with Crippen LogP contribution in [0.2, 0.25) is 0 Å². The summed E-state index contributed by atoms with van der Waals surface area (Å²) in [6.45, 7) is 6.07. The molecule has 0 aliphatic carbocycles.